The highest BCUT2D eigenvalue weighted by molar-refractivity contribution is 7.99. The van der Waals surface area contributed by atoms with E-state index in [1.807, 2.05) is 13.8 Å². The molecule has 0 radical (unpaired) electrons. The first-order valence-electron chi connectivity index (χ1n) is 7.79. The number of rotatable bonds is 8. The van der Waals surface area contributed by atoms with Gasteiger partial charge < -0.3 is 9.73 Å². The molecule has 0 spiro atoms. The van der Waals surface area contributed by atoms with Crippen LogP contribution in [0, 0.1) is 5.92 Å². The quantitative estimate of drug-likeness (QED) is 0.551. The van der Waals surface area contributed by atoms with Crippen molar-refractivity contribution in [2.45, 2.75) is 25.5 Å². The van der Waals surface area contributed by atoms with Crippen molar-refractivity contribution in [3.8, 4) is 11.6 Å². The van der Waals surface area contributed by atoms with Gasteiger partial charge in [0.05, 0.1) is 12.0 Å². The zero-order valence-corrected chi connectivity index (χ0v) is 15.0. The van der Waals surface area contributed by atoms with Gasteiger partial charge in [-0.15, -0.1) is 16.8 Å². The Balaban J connectivity index is 1.95. The van der Waals surface area contributed by atoms with Crippen LogP contribution in [0.4, 0.5) is 4.79 Å². The minimum atomic E-state index is -0.497. The fraction of sp³-hybridized carbons (Fsp3) is 0.375. The van der Waals surface area contributed by atoms with E-state index in [1.54, 1.807) is 29.0 Å². The lowest BCUT2D eigenvalue weighted by molar-refractivity contribution is -0.117. The van der Waals surface area contributed by atoms with Crippen molar-refractivity contribution >= 4 is 23.7 Å². The second kappa shape index (κ2) is 9.07. The summed E-state index contributed by atoms with van der Waals surface area (Å²) in [6.07, 6.45) is 3.26. The van der Waals surface area contributed by atoms with Gasteiger partial charge in [-0.1, -0.05) is 31.7 Å². The first-order chi connectivity index (χ1) is 12.0. The summed E-state index contributed by atoms with van der Waals surface area (Å²) in [7, 11) is 0. The third-order valence-corrected chi connectivity index (χ3v) is 3.99. The van der Waals surface area contributed by atoms with Gasteiger partial charge in [-0.05, 0) is 18.1 Å². The summed E-state index contributed by atoms with van der Waals surface area (Å²) < 4.78 is 7.14. The van der Waals surface area contributed by atoms with Gasteiger partial charge in [0.15, 0.2) is 10.9 Å². The minimum Gasteiger partial charge on any atom is -0.461 e. The second-order valence-corrected chi connectivity index (χ2v) is 6.57. The molecule has 0 aromatic carbocycles. The van der Waals surface area contributed by atoms with Crippen molar-refractivity contribution in [2.75, 3.05) is 12.3 Å². The van der Waals surface area contributed by atoms with Crippen LogP contribution in [0.5, 0.6) is 0 Å². The number of nitrogens with one attached hydrogen (secondary N) is 2. The van der Waals surface area contributed by atoms with Gasteiger partial charge in [0.25, 0.3) is 0 Å². The van der Waals surface area contributed by atoms with Crippen molar-refractivity contribution in [3.05, 3.63) is 31.1 Å². The fourth-order valence-corrected chi connectivity index (χ4v) is 2.66. The van der Waals surface area contributed by atoms with Crippen molar-refractivity contribution in [2.24, 2.45) is 5.92 Å². The van der Waals surface area contributed by atoms with Gasteiger partial charge in [0, 0.05) is 13.1 Å². The van der Waals surface area contributed by atoms with Crippen molar-refractivity contribution in [1.29, 1.82) is 0 Å². The standard InChI is InChI=1S/C16H21N5O3S/c1-4-7-21-14(12-6-5-8-24-12)19-20-16(21)25-10-13(22)18-15(23)17-9-11(2)3/h4-6,8,11H,1,7,9-10H2,2-3H3,(H2,17,18,22,23). The number of hydrogen-bond acceptors (Lipinski definition) is 6. The van der Waals surface area contributed by atoms with Crippen molar-refractivity contribution in [1.82, 2.24) is 25.4 Å². The molecule has 2 aromatic rings. The number of allylic oxidation sites excluding steroid dienone is 1. The Morgan fingerprint density at radius 2 is 2.24 bits per heavy atom. The molecule has 2 aromatic heterocycles. The maximum Gasteiger partial charge on any atom is 0.321 e. The first kappa shape index (κ1) is 18.8. The maximum absolute atomic E-state index is 11.9. The number of carbonyl (C=O) groups excluding carboxylic acids is 2. The molecule has 0 bridgehead atoms. The van der Waals surface area contributed by atoms with Gasteiger partial charge in [0.1, 0.15) is 0 Å². The molecule has 2 rings (SSSR count). The molecular formula is C16H21N5O3S. The zero-order chi connectivity index (χ0) is 18.2. The molecule has 0 aliphatic rings. The van der Waals surface area contributed by atoms with Gasteiger partial charge in [-0.2, -0.15) is 0 Å². The van der Waals surface area contributed by atoms with Crippen LogP contribution >= 0.6 is 11.8 Å². The lowest BCUT2D eigenvalue weighted by atomic mass is 10.2. The van der Waals surface area contributed by atoms with E-state index < -0.39 is 11.9 Å². The Morgan fingerprint density at radius 3 is 2.88 bits per heavy atom. The summed E-state index contributed by atoms with van der Waals surface area (Å²) in [6, 6.07) is 3.05. The molecule has 25 heavy (non-hydrogen) atoms. The van der Waals surface area contributed by atoms with Crippen molar-refractivity contribution < 1.29 is 14.0 Å². The SMILES string of the molecule is C=CCn1c(SCC(=O)NC(=O)NCC(C)C)nnc1-c1ccco1. The smallest absolute Gasteiger partial charge is 0.321 e. The monoisotopic (exact) mass is 363 g/mol. The van der Waals surface area contributed by atoms with Crippen LogP contribution in [0.1, 0.15) is 13.8 Å². The van der Waals surface area contributed by atoms with Gasteiger partial charge in [-0.25, -0.2) is 4.79 Å². The highest BCUT2D eigenvalue weighted by atomic mass is 32.2. The van der Waals surface area contributed by atoms with E-state index in [0.29, 0.717) is 35.7 Å². The molecule has 0 atom stereocenters. The van der Waals surface area contributed by atoms with Crippen LogP contribution in [0.15, 0.2) is 40.6 Å². The molecule has 9 heteroatoms. The third-order valence-electron chi connectivity index (χ3n) is 3.03. The fourth-order valence-electron chi connectivity index (χ4n) is 1.91. The van der Waals surface area contributed by atoms with Crippen LogP contribution in [0.3, 0.4) is 0 Å². The Hall–Kier alpha value is -2.55. The van der Waals surface area contributed by atoms with E-state index in [0.717, 1.165) is 0 Å². The number of aromatic nitrogens is 3. The van der Waals surface area contributed by atoms with Crippen molar-refractivity contribution in [3.63, 3.8) is 0 Å². The van der Waals surface area contributed by atoms with Crippen LogP contribution in [0.25, 0.3) is 11.6 Å². The van der Waals surface area contributed by atoms with E-state index in [2.05, 4.69) is 27.4 Å². The third kappa shape index (κ3) is 5.49. The number of hydrogen-bond donors (Lipinski definition) is 2. The number of carbonyl (C=O) groups is 2. The number of thioether (sulfide) groups is 1. The second-order valence-electron chi connectivity index (χ2n) is 5.62. The lowest BCUT2D eigenvalue weighted by Crippen LogP contribution is -2.41. The average Bonchev–Trinajstić information content (AvgIpc) is 3.21. The molecule has 2 heterocycles. The molecule has 0 aliphatic carbocycles. The summed E-state index contributed by atoms with van der Waals surface area (Å²) in [5.74, 6) is 1.09. The zero-order valence-electron chi connectivity index (χ0n) is 14.2. The number of urea groups is 1. The number of furan rings is 1. The predicted molar refractivity (Wildman–Crippen MR) is 95.0 cm³/mol. The van der Waals surface area contributed by atoms with Gasteiger partial charge in [0.2, 0.25) is 11.7 Å². The van der Waals surface area contributed by atoms with Crippen LogP contribution in [-0.4, -0.2) is 39.0 Å². The lowest BCUT2D eigenvalue weighted by Gasteiger charge is -2.09. The number of nitrogens with zero attached hydrogens (tertiary/aromatic N) is 3. The minimum absolute atomic E-state index is 0.0442. The molecule has 8 nitrogen and oxygen atoms in total. The summed E-state index contributed by atoms with van der Waals surface area (Å²) in [6.45, 7) is 8.65. The summed E-state index contributed by atoms with van der Waals surface area (Å²) >= 11 is 1.19. The normalized spacial score (nSPS) is 10.7. The predicted octanol–water partition coefficient (Wildman–Crippen LogP) is 2.30. The molecule has 0 saturated carbocycles. The Kier molecular flexibility index (Phi) is 6.81. The summed E-state index contributed by atoms with van der Waals surface area (Å²) in [5, 5.41) is 13.7. The Morgan fingerprint density at radius 1 is 1.44 bits per heavy atom. The summed E-state index contributed by atoms with van der Waals surface area (Å²) in [4.78, 5) is 23.5. The van der Waals surface area contributed by atoms with E-state index in [-0.39, 0.29) is 5.75 Å². The van der Waals surface area contributed by atoms with Gasteiger partial charge >= 0.3 is 6.03 Å². The highest BCUT2D eigenvalue weighted by Crippen LogP contribution is 2.24. The maximum atomic E-state index is 11.9. The van der Waals surface area contributed by atoms with E-state index in [1.165, 1.54) is 11.8 Å². The largest absolute Gasteiger partial charge is 0.461 e. The molecular weight excluding hydrogens is 342 g/mol. The van der Waals surface area contributed by atoms with Gasteiger partial charge in [-0.3, -0.25) is 14.7 Å². The number of amides is 3. The highest BCUT2D eigenvalue weighted by Gasteiger charge is 2.17. The molecule has 3 amide bonds. The molecule has 0 saturated heterocycles. The Bertz CT molecular complexity index is 724. The van der Waals surface area contributed by atoms with E-state index >= 15 is 0 Å². The molecule has 0 aliphatic heterocycles. The summed E-state index contributed by atoms with van der Waals surface area (Å²) in [5.41, 5.74) is 0. The van der Waals surface area contributed by atoms with Crippen LogP contribution in [-0.2, 0) is 11.3 Å². The number of imide groups is 1. The molecule has 2 N–H and O–H groups in total. The molecule has 134 valence electrons. The first-order valence-corrected chi connectivity index (χ1v) is 8.78. The molecule has 0 unspecified atom stereocenters. The van der Waals surface area contributed by atoms with E-state index in [9.17, 15) is 9.59 Å². The topological polar surface area (TPSA) is 102 Å². The van der Waals surface area contributed by atoms with Crippen LogP contribution < -0.4 is 10.6 Å². The van der Waals surface area contributed by atoms with E-state index in [4.69, 9.17) is 4.42 Å². The molecule has 0 fully saturated rings. The Labute approximate surface area is 150 Å². The average molecular weight is 363 g/mol. The van der Waals surface area contributed by atoms with Crippen LogP contribution in [0.2, 0.25) is 0 Å².